The average molecular weight is 230 g/mol. The molecule has 0 spiro atoms. The first-order valence-corrected chi connectivity index (χ1v) is 5.52. The van der Waals surface area contributed by atoms with Crippen LogP contribution in [-0.4, -0.2) is 37.2 Å². The zero-order chi connectivity index (χ0) is 12.0. The van der Waals surface area contributed by atoms with Gasteiger partial charge in [0.15, 0.2) is 6.04 Å². The summed E-state index contributed by atoms with van der Waals surface area (Å²) < 4.78 is 5.04. The summed E-state index contributed by atoms with van der Waals surface area (Å²) in [5, 5.41) is 13.4. The van der Waals surface area contributed by atoms with Crippen molar-refractivity contribution in [2.45, 2.75) is 37.8 Å². The number of ether oxygens (including phenoxy) is 1. The molecule has 1 rings (SSSR count). The van der Waals surface area contributed by atoms with E-state index in [1.165, 1.54) is 0 Å². The summed E-state index contributed by atoms with van der Waals surface area (Å²) in [6, 6.07) is -0.392. The van der Waals surface area contributed by atoms with Gasteiger partial charge in [-0.25, -0.2) is 4.79 Å². The number of rotatable bonds is 6. The fraction of sp³-hybridized carbons (Fsp3) is 0.800. The lowest BCUT2D eigenvalue weighted by Crippen LogP contribution is -2.65. The van der Waals surface area contributed by atoms with Crippen molar-refractivity contribution in [3.05, 3.63) is 0 Å². The normalized spacial score (nSPS) is 21.7. The fourth-order valence-electron chi connectivity index (χ4n) is 1.61. The number of nitrogens with one attached hydrogen (secondary N) is 1. The summed E-state index contributed by atoms with van der Waals surface area (Å²) in [7, 11) is 0. The molecule has 0 amide bonds. The van der Waals surface area contributed by atoms with Gasteiger partial charge in [0.1, 0.15) is 6.61 Å². The SMILES string of the molecule is [NH3+]C(CCC(=O)[O-])C(=O)OCC1CCCN1. The topological polar surface area (TPSA) is 106 Å². The Hall–Kier alpha value is -1.14. The van der Waals surface area contributed by atoms with Crippen LogP contribution in [0.2, 0.25) is 0 Å². The summed E-state index contributed by atoms with van der Waals surface area (Å²) >= 11 is 0. The largest absolute Gasteiger partial charge is 0.550 e. The molecule has 16 heavy (non-hydrogen) atoms. The van der Waals surface area contributed by atoms with Crippen LogP contribution >= 0.6 is 0 Å². The highest BCUT2D eigenvalue weighted by atomic mass is 16.5. The van der Waals surface area contributed by atoms with E-state index in [2.05, 4.69) is 11.1 Å². The van der Waals surface area contributed by atoms with E-state index in [4.69, 9.17) is 4.74 Å². The summed E-state index contributed by atoms with van der Waals surface area (Å²) in [5.74, 6) is -1.60. The second-order valence-corrected chi connectivity index (χ2v) is 4.03. The lowest BCUT2D eigenvalue weighted by molar-refractivity contribution is -0.410. The van der Waals surface area contributed by atoms with Gasteiger partial charge in [0.2, 0.25) is 0 Å². The van der Waals surface area contributed by atoms with Gasteiger partial charge in [0.25, 0.3) is 0 Å². The Labute approximate surface area is 94.1 Å². The average Bonchev–Trinajstić information content (AvgIpc) is 2.75. The predicted octanol–water partition coefficient (Wildman–Crippen LogP) is -2.58. The van der Waals surface area contributed by atoms with E-state index < -0.39 is 18.0 Å². The number of carboxylic acids is 1. The van der Waals surface area contributed by atoms with Crippen LogP contribution in [-0.2, 0) is 14.3 Å². The van der Waals surface area contributed by atoms with Gasteiger partial charge in [0.05, 0.1) is 0 Å². The highest BCUT2D eigenvalue weighted by Crippen LogP contribution is 2.05. The molecule has 2 unspecified atom stereocenters. The molecular weight excluding hydrogens is 212 g/mol. The van der Waals surface area contributed by atoms with Gasteiger partial charge in [-0.15, -0.1) is 0 Å². The molecule has 0 aromatic rings. The molecule has 0 saturated carbocycles. The zero-order valence-electron chi connectivity index (χ0n) is 9.24. The highest BCUT2D eigenvalue weighted by Gasteiger charge is 2.21. The molecule has 0 radical (unpaired) electrons. The fourth-order valence-corrected chi connectivity index (χ4v) is 1.61. The molecule has 6 nitrogen and oxygen atoms in total. The molecule has 1 heterocycles. The Kier molecular flexibility index (Phi) is 5.21. The number of esters is 1. The Morgan fingerprint density at radius 2 is 2.31 bits per heavy atom. The summed E-state index contributed by atoms with van der Waals surface area (Å²) in [4.78, 5) is 21.6. The Balaban J connectivity index is 2.15. The molecule has 4 N–H and O–H groups in total. The molecule has 1 aliphatic rings. The second-order valence-electron chi connectivity index (χ2n) is 4.03. The standard InChI is InChI=1S/C10H18N2O4/c11-8(3-4-9(13)14)10(15)16-6-7-2-1-5-12-7/h7-8,12H,1-6,11H2,(H,13,14). The first-order valence-electron chi connectivity index (χ1n) is 5.52. The third-order valence-electron chi connectivity index (χ3n) is 2.62. The quantitative estimate of drug-likeness (QED) is 0.487. The maximum Gasteiger partial charge on any atom is 0.364 e. The number of quaternary nitrogens is 1. The van der Waals surface area contributed by atoms with Gasteiger partial charge in [0, 0.05) is 18.4 Å². The van der Waals surface area contributed by atoms with Crippen molar-refractivity contribution in [1.82, 2.24) is 5.32 Å². The van der Waals surface area contributed by atoms with E-state index in [-0.39, 0.29) is 18.9 Å². The number of hydrogen-bond donors (Lipinski definition) is 2. The molecule has 1 fully saturated rings. The molecule has 0 bridgehead atoms. The number of aliphatic carboxylic acids is 1. The van der Waals surface area contributed by atoms with E-state index in [0.717, 1.165) is 19.4 Å². The highest BCUT2D eigenvalue weighted by molar-refractivity contribution is 5.75. The smallest absolute Gasteiger partial charge is 0.364 e. The van der Waals surface area contributed by atoms with Crippen molar-refractivity contribution in [3.8, 4) is 0 Å². The first kappa shape index (κ1) is 12.9. The molecule has 6 heteroatoms. The lowest BCUT2D eigenvalue weighted by atomic mass is 10.2. The minimum absolute atomic E-state index is 0.162. The Bertz CT molecular complexity index is 251. The summed E-state index contributed by atoms with van der Waals surface area (Å²) in [6.07, 6.45) is 2.11. The van der Waals surface area contributed by atoms with Gasteiger partial charge >= 0.3 is 5.97 Å². The van der Waals surface area contributed by atoms with Crippen molar-refractivity contribution in [3.63, 3.8) is 0 Å². The Morgan fingerprint density at radius 3 is 2.88 bits per heavy atom. The number of carboxylic acid groups (broad SMARTS) is 1. The molecule has 92 valence electrons. The monoisotopic (exact) mass is 230 g/mol. The lowest BCUT2D eigenvalue weighted by Gasteiger charge is -2.13. The molecule has 1 saturated heterocycles. The van der Waals surface area contributed by atoms with Crippen LogP contribution in [0.4, 0.5) is 0 Å². The predicted molar refractivity (Wildman–Crippen MR) is 52.9 cm³/mol. The van der Waals surface area contributed by atoms with Gasteiger partial charge in [-0.3, -0.25) is 0 Å². The van der Waals surface area contributed by atoms with Crippen molar-refractivity contribution in [2.75, 3.05) is 13.2 Å². The van der Waals surface area contributed by atoms with Gasteiger partial charge in [-0.1, -0.05) is 0 Å². The second kappa shape index (κ2) is 6.44. The van der Waals surface area contributed by atoms with Crippen molar-refractivity contribution >= 4 is 11.9 Å². The number of carbonyl (C=O) groups excluding carboxylic acids is 2. The van der Waals surface area contributed by atoms with E-state index in [1.807, 2.05) is 0 Å². The van der Waals surface area contributed by atoms with Crippen LogP contribution in [0.15, 0.2) is 0 Å². The van der Waals surface area contributed by atoms with Crippen molar-refractivity contribution in [2.24, 2.45) is 0 Å². The number of carbonyl (C=O) groups is 2. The van der Waals surface area contributed by atoms with E-state index in [9.17, 15) is 14.7 Å². The van der Waals surface area contributed by atoms with E-state index in [0.29, 0.717) is 6.61 Å². The van der Waals surface area contributed by atoms with Crippen LogP contribution in [0.3, 0.4) is 0 Å². The van der Waals surface area contributed by atoms with Crippen molar-refractivity contribution in [1.29, 1.82) is 0 Å². The van der Waals surface area contributed by atoms with Gasteiger partial charge in [-0.05, 0) is 25.8 Å². The molecule has 2 atom stereocenters. The van der Waals surface area contributed by atoms with Crippen molar-refractivity contribution < 1.29 is 25.2 Å². The van der Waals surface area contributed by atoms with Crippen LogP contribution < -0.4 is 16.2 Å². The third-order valence-corrected chi connectivity index (χ3v) is 2.62. The molecule has 0 aromatic carbocycles. The third kappa shape index (κ3) is 4.59. The summed E-state index contributed by atoms with van der Waals surface area (Å²) in [5.41, 5.74) is 3.57. The first-order chi connectivity index (χ1) is 7.59. The molecule has 1 aliphatic heterocycles. The summed E-state index contributed by atoms with van der Waals surface area (Å²) in [6.45, 7) is 1.30. The molecule has 0 aromatic heterocycles. The van der Waals surface area contributed by atoms with Crippen LogP contribution in [0, 0.1) is 0 Å². The molecular formula is C10H18N2O4. The maximum absolute atomic E-state index is 11.4. The maximum atomic E-state index is 11.4. The van der Waals surface area contributed by atoms with Crippen LogP contribution in [0.1, 0.15) is 25.7 Å². The molecule has 0 aliphatic carbocycles. The van der Waals surface area contributed by atoms with Crippen LogP contribution in [0.25, 0.3) is 0 Å². The van der Waals surface area contributed by atoms with Gasteiger partial charge < -0.3 is 25.7 Å². The minimum Gasteiger partial charge on any atom is -0.550 e. The Morgan fingerprint density at radius 1 is 1.56 bits per heavy atom. The minimum atomic E-state index is -1.17. The van der Waals surface area contributed by atoms with Gasteiger partial charge in [-0.2, -0.15) is 0 Å². The van der Waals surface area contributed by atoms with E-state index in [1.54, 1.807) is 0 Å². The zero-order valence-corrected chi connectivity index (χ0v) is 9.24. The van der Waals surface area contributed by atoms with E-state index >= 15 is 0 Å². The number of hydrogen-bond acceptors (Lipinski definition) is 5. The van der Waals surface area contributed by atoms with Crippen LogP contribution in [0.5, 0.6) is 0 Å².